The van der Waals surface area contributed by atoms with Crippen molar-refractivity contribution in [3.8, 4) is 0 Å². The summed E-state index contributed by atoms with van der Waals surface area (Å²) in [5.41, 5.74) is -1.29. The van der Waals surface area contributed by atoms with Gasteiger partial charge in [0.15, 0.2) is 0 Å². The van der Waals surface area contributed by atoms with Crippen LogP contribution in [0.4, 0.5) is 0 Å². The lowest BCUT2D eigenvalue weighted by Crippen LogP contribution is -2.56. The minimum atomic E-state index is -3.62. The van der Waals surface area contributed by atoms with Crippen LogP contribution in [0.15, 0.2) is 0 Å². The van der Waals surface area contributed by atoms with Crippen molar-refractivity contribution in [3.63, 3.8) is 0 Å². The molecule has 0 aromatic rings. The van der Waals surface area contributed by atoms with E-state index in [-0.39, 0.29) is 0 Å². The Labute approximate surface area is 96.3 Å². The van der Waals surface area contributed by atoms with Gasteiger partial charge in [-0.2, -0.15) is 4.72 Å². The molecule has 0 aliphatic heterocycles. The molecule has 94 valence electrons. The third kappa shape index (κ3) is 2.38. The molecule has 0 radical (unpaired) electrons. The monoisotopic (exact) mass is 249 g/mol. The Balaban J connectivity index is 2.99. The van der Waals surface area contributed by atoms with E-state index < -0.39 is 26.3 Å². The van der Waals surface area contributed by atoms with E-state index in [1.54, 1.807) is 20.8 Å². The number of sulfonamides is 1. The summed E-state index contributed by atoms with van der Waals surface area (Å²) in [6, 6.07) is 0. The van der Waals surface area contributed by atoms with E-state index in [9.17, 15) is 13.2 Å². The summed E-state index contributed by atoms with van der Waals surface area (Å²) in [5.74, 6) is -1.07. The normalized spacial score (nSPS) is 20.9. The molecular formula is C10H19NO4S. The largest absolute Gasteiger partial charge is 0.480 e. The molecule has 0 aromatic heterocycles. The predicted octanol–water partition coefficient (Wildman–Crippen LogP) is 1.10. The molecule has 1 rings (SSSR count). The quantitative estimate of drug-likeness (QED) is 0.784. The van der Waals surface area contributed by atoms with E-state index in [0.29, 0.717) is 12.8 Å². The van der Waals surface area contributed by atoms with Gasteiger partial charge in [-0.25, -0.2) is 8.42 Å². The van der Waals surface area contributed by atoms with E-state index in [1.165, 1.54) is 0 Å². The van der Waals surface area contributed by atoms with Gasteiger partial charge in [0, 0.05) is 0 Å². The fourth-order valence-electron chi connectivity index (χ4n) is 1.75. The summed E-state index contributed by atoms with van der Waals surface area (Å²) in [5, 5.41) is 9.17. The van der Waals surface area contributed by atoms with Crippen molar-refractivity contribution in [1.29, 1.82) is 0 Å². The molecular weight excluding hydrogens is 230 g/mol. The zero-order valence-corrected chi connectivity index (χ0v) is 10.7. The second kappa shape index (κ2) is 4.00. The number of carboxylic acids is 1. The molecule has 0 heterocycles. The van der Waals surface area contributed by atoms with Crippen LogP contribution in [-0.2, 0) is 14.8 Å². The van der Waals surface area contributed by atoms with Gasteiger partial charge in [0.2, 0.25) is 10.0 Å². The Morgan fingerprint density at radius 1 is 1.25 bits per heavy atom. The first kappa shape index (κ1) is 13.4. The Hall–Kier alpha value is -0.620. The fraction of sp³-hybridized carbons (Fsp3) is 0.900. The molecule has 0 spiro atoms. The average molecular weight is 249 g/mol. The minimum absolute atomic E-state index is 0.373. The van der Waals surface area contributed by atoms with Gasteiger partial charge in [0.1, 0.15) is 5.54 Å². The molecule has 0 atom stereocenters. The second-order valence-electron chi connectivity index (χ2n) is 5.31. The summed E-state index contributed by atoms with van der Waals surface area (Å²) in [6.07, 6.45) is 2.24. The Morgan fingerprint density at radius 2 is 1.69 bits per heavy atom. The van der Waals surface area contributed by atoms with Gasteiger partial charge in [-0.1, -0.05) is 12.8 Å². The van der Waals surface area contributed by atoms with Crippen LogP contribution in [0.1, 0.15) is 46.5 Å². The van der Waals surface area contributed by atoms with E-state index in [1.807, 2.05) is 0 Å². The Morgan fingerprint density at radius 3 is 2.00 bits per heavy atom. The molecule has 0 aromatic carbocycles. The average Bonchev–Trinajstić information content (AvgIpc) is 2.50. The fourth-order valence-corrected chi connectivity index (χ4v) is 2.86. The predicted molar refractivity (Wildman–Crippen MR) is 60.6 cm³/mol. The third-order valence-corrected chi connectivity index (χ3v) is 5.27. The number of hydrogen-bond acceptors (Lipinski definition) is 3. The molecule has 16 heavy (non-hydrogen) atoms. The van der Waals surface area contributed by atoms with E-state index >= 15 is 0 Å². The van der Waals surface area contributed by atoms with Gasteiger partial charge in [0.05, 0.1) is 4.75 Å². The number of aliphatic carboxylic acids is 1. The number of carbonyl (C=O) groups is 1. The lowest BCUT2D eigenvalue weighted by atomic mass is 10.0. The number of nitrogens with one attached hydrogen (secondary N) is 1. The highest BCUT2D eigenvalue weighted by Gasteiger charge is 2.46. The van der Waals surface area contributed by atoms with Crippen LogP contribution in [0.2, 0.25) is 0 Å². The summed E-state index contributed by atoms with van der Waals surface area (Å²) in [4.78, 5) is 11.2. The van der Waals surface area contributed by atoms with E-state index in [4.69, 9.17) is 5.11 Å². The van der Waals surface area contributed by atoms with Crippen LogP contribution < -0.4 is 4.72 Å². The highest BCUT2D eigenvalue weighted by atomic mass is 32.2. The van der Waals surface area contributed by atoms with Crippen molar-refractivity contribution in [2.24, 2.45) is 0 Å². The zero-order valence-electron chi connectivity index (χ0n) is 9.91. The summed E-state index contributed by atoms with van der Waals surface area (Å²) >= 11 is 0. The molecule has 5 nitrogen and oxygen atoms in total. The Kier molecular flexibility index (Phi) is 3.36. The standard InChI is InChI=1S/C10H19NO4S/c1-9(2,3)16(14,15)11-10(8(12)13)6-4-5-7-10/h11H,4-7H2,1-3H3,(H,12,13). The molecule has 1 aliphatic carbocycles. The van der Waals surface area contributed by atoms with Crippen LogP contribution in [0, 0.1) is 0 Å². The SMILES string of the molecule is CC(C)(C)S(=O)(=O)NC1(C(=O)O)CCCC1. The maximum atomic E-state index is 11.9. The third-order valence-electron chi connectivity index (χ3n) is 3.00. The number of rotatable bonds is 3. The lowest BCUT2D eigenvalue weighted by Gasteiger charge is -2.29. The Bertz CT molecular complexity index is 374. The first-order valence-electron chi connectivity index (χ1n) is 5.38. The van der Waals surface area contributed by atoms with Gasteiger partial charge in [0.25, 0.3) is 0 Å². The molecule has 0 amide bonds. The molecule has 6 heteroatoms. The lowest BCUT2D eigenvalue weighted by molar-refractivity contribution is -0.143. The summed E-state index contributed by atoms with van der Waals surface area (Å²) in [6.45, 7) is 4.67. The van der Waals surface area contributed by atoms with Crippen molar-refractivity contribution in [2.45, 2.75) is 56.7 Å². The van der Waals surface area contributed by atoms with Crippen LogP contribution in [-0.4, -0.2) is 29.8 Å². The van der Waals surface area contributed by atoms with E-state index in [2.05, 4.69) is 4.72 Å². The maximum Gasteiger partial charge on any atom is 0.324 e. The van der Waals surface area contributed by atoms with Gasteiger partial charge >= 0.3 is 5.97 Å². The highest BCUT2D eigenvalue weighted by molar-refractivity contribution is 7.90. The highest BCUT2D eigenvalue weighted by Crippen LogP contribution is 2.32. The van der Waals surface area contributed by atoms with Crippen molar-refractivity contribution in [2.75, 3.05) is 0 Å². The van der Waals surface area contributed by atoms with Crippen LogP contribution >= 0.6 is 0 Å². The van der Waals surface area contributed by atoms with E-state index in [0.717, 1.165) is 12.8 Å². The number of carboxylic acid groups (broad SMARTS) is 1. The molecule has 0 unspecified atom stereocenters. The topological polar surface area (TPSA) is 83.5 Å². The molecule has 2 N–H and O–H groups in total. The zero-order chi connectivity index (χ0) is 12.6. The van der Waals surface area contributed by atoms with Gasteiger partial charge in [-0.3, -0.25) is 4.79 Å². The van der Waals surface area contributed by atoms with Crippen LogP contribution in [0.3, 0.4) is 0 Å². The molecule has 1 fully saturated rings. The smallest absolute Gasteiger partial charge is 0.324 e. The summed E-state index contributed by atoms with van der Waals surface area (Å²) < 4.78 is 25.3. The van der Waals surface area contributed by atoms with Crippen LogP contribution in [0.25, 0.3) is 0 Å². The minimum Gasteiger partial charge on any atom is -0.480 e. The maximum absolute atomic E-state index is 11.9. The van der Waals surface area contributed by atoms with Crippen molar-refractivity contribution >= 4 is 16.0 Å². The van der Waals surface area contributed by atoms with Gasteiger partial charge in [-0.05, 0) is 33.6 Å². The molecule has 1 saturated carbocycles. The van der Waals surface area contributed by atoms with Crippen molar-refractivity contribution in [3.05, 3.63) is 0 Å². The first-order chi connectivity index (χ1) is 7.11. The molecule has 1 aliphatic rings. The van der Waals surface area contributed by atoms with Gasteiger partial charge < -0.3 is 5.11 Å². The molecule has 0 bridgehead atoms. The first-order valence-corrected chi connectivity index (χ1v) is 6.86. The summed E-state index contributed by atoms with van der Waals surface area (Å²) in [7, 11) is -3.62. The van der Waals surface area contributed by atoms with Crippen molar-refractivity contribution < 1.29 is 18.3 Å². The van der Waals surface area contributed by atoms with Crippen LogP contribution in [0.5, 0.6) is 0 Å². The van der Waals surface area contributed by atoms with Gasteiger partial charge in [-0.15, -0.1) is 0 Å². The molecule has 0 saturated heterocycles. The second-order valence-corrected chi connectivity index (χ2v) is 7.75. The van der Waals surface area contributed by atoms with Crippen molar-refractivity contribution in [1.82, 2.24) is 4.72 Å². The number of hydrogen-bond donors (Lipinski definition) is 2.